The lowest BCUT2D eigenvalue weighted by Gasteiger charge is -2.06. The molecule has 4 nitrogen and oxygen atoms in total. The molecule has 0 aromatic heterocycles. The highest BCUT2D eigenvalue weighted by molar-refractivity contribution is 6.12. The highest BCUT2D eigenvalue weighted by Crippen LogP contribution is 2.21. The van der Waals surface area contributed by atoms with E-state index in [-0.39, 0.29) is 5.70 Å². The van der Waals surface area contributed by atoms with Crippen molar-refractivity contribution < 1.29 is 14.3 Å². The summed E-state index contributed by atoms with van der Waals surface area (Å²) in [4.78, 5) is 16.4. The fraction of sp³-hybridized carbons (Fsp3) is 0.0435. The largest absolute Gasteiger partial charge is 0.489 e. The lowest BCUT2D eigenvalue weighted by atomic mass is 10.2. The highest BCUT2D eigenvalue weighted by Gasteiger charge is 2.23. The molecule has 132 valence electrons. The van der Waals surface area contributed by atoms with Gasteiger partial charge >= 0.3 is 5.97 Å². The molecule has 0 saturated carbocycles. The SMILES string of the molecule is O=C1OC(c2ccccc2)=N/C1=C/c1ccc(OCc2ccccc2)cc1. The Hall–Kier alpha value is -3.66. The third-order valence-corrected chi connectivity index (χ3v) is 4.07. The average Bonchev–Trinajstić information content (AvgIpc) is 3.09. The maximum atomic E-state index is 12.1. The Morgan fingerprint density at radius 1 is 0.852 bits per heavy atom. The summed E-state index contributed by atoms with van der Waals surface area (Å²) < 4.78 is 11.0. The fourth-order valence-electron chi connectivity index (χ4n) is 2.67. The minimum atomic E-state index is -0.446. The molecule has 0 amide bonds. The van der Waals surface area contributed by atoms with Crippen molar-refractivity contribution in [2.45, 2.75) is 6.61 Å². The Bertz CT molecular complexity index is 991. The van der Waals surface area contributed by atoms with Crippen LogP contribution in [0.3, 0.4) is 0 Å². The van der Waals surface area contributed by atoms with E-state index in [1.165, 1.54) is 0 Å². The predicted molar refractivity (Wildman–Crippen MR) is 104 cm³/mol. The van der Waals surface area contributed by atoms with Gasteiger partial charge in [-0.15, -0.1) is 0 Å². The molecule has 0 saturated heterocycles. The van der Waals surface area contributed by atoms with Crippen LogP contribution in [0.2, 0.25) is 0 Å². The quantitative estimate of drug-likeness (QED) is 0.496. The van der Waals surface area contributed by atoms with E-state index >= 15 is 0 Å². The van der Waals surface area contributed by atoms with E-state index in [4.69, 9.17) is 9.47 Å². The molecule has 1 aliphatic rings. The van der Waals surface area contributed by atoms with Gasteiger partial charge in [-0.1, -0.05) is 60.7 Å². The molecule has 3 aromatic rings. The van der Waals surface area contributed by atoms with Crippen LogP contribution >= 0.6 is 0 Å². The molecule has 0 bridgehead atoms. The second-order valence-corrected chi connectivity index (χ2v) is 6.05. The Balaban J connectivity index is 1.46. The summed E-state index contributed by atoms with van der Waals surface area (Å²) >= 11 is 0. The zero-order valence-corrected chi connectivity index (χ0v) is 14.5. The monoisotopic (exact) mass is 355 g/mol. The van der Waals surface area contributed by atoms with E-state index in [1.807, 2.05) is 84.9 Å². The van der Waals surface area contributed by atoms with Gasteiger partial charge in [0.2, 0.25) is 5.90 Å². The van der Waals surface area contributed by atoms with Crippen LogP contribution in [-0.4, -0.2) is 11.9 Å². The molecule has 4 rings (SSSR count). The second-order valence-electron chi connectivity index (χ2n) is 6.05. The topological polar surface area (TPSA) is 47.9 Å². The maximum absolute atomic E-state index is 12.1. The first-order valence-electron chi connectivity index (χ1n) is 8.63. The van der Waals surface area contributed by atoms with E-state index in [0.717, 1.165) is 22.4 Å². The molecule has 0 aliphatic carbocycles. The molecule has 0 spiro atoms. The summed E-state index contributed by atoms with van der Waals surface area (Å²) in [6.07, 6.45) is 1.71. The number of aliphatic imine (C=N–C) groups is 1. The minimum Gasteiger partial charge on any atom is -0.489 e. The molecule has 0 fully saturated rings. The van der Waals surface area contributed by atoms with Crippen LogP contribution in [0.25, 0.3) is 6.08 Å². The number of hydrogen-bond donors (Lipinski definition) is 0. The highest BCUT2D eigenvalue weighted by atomic mass is 16.6. The Morgan fingerprint density at radius 3 is 2.22 bits per heavy atom. The number of cyclic esters (lactones) is 1. The molecule has 0 radical (unpaired) electrons. The van der Waals surface area contributed by atoms with Crippen molar-refractivity contribution in [1.29, 1.82) is 0 Å². The van der Waals surface area contributed by atoms with Crippen LogP contribution in [0.4, 0.5) is 0 Å². The normalized spacial score (nSPS) is 14.7. The van der Waals surface area contributed by atoms with Gasteiger partial charge < -0.3 is 9.47 Å². The molecule has 1 heterocycles. The van der Waals surface area contributed by atoms with E-state index in [2.05, 4.69) is 4.99 Å². The fourth-order valence-corrected chi connectivity index (χ4v) is 2.67. The number of carbonyl (C=O) groups is 1. The van der Waals surface area contributed by atoms with Crippen molar-refractivity contribution in [1.82, 2.24) is 0 Å². The molecular formula is C23H17NO3. The van der Waals surface area contributed by atoms with Crippen molar-refractivity contribution in [2.24, 2.45) is 4.99 Å². The molecule has 0 unspecified atom stereocenters. The van der Waals surface area contributed by atoms with Crippen LogP contribution in [0, 0.1) is 0 Å². The van der Waals surface area contributed by atoms with E-state index in [9.17, 15) is 4.79 Å². The van der Waals surface area contributed by atoms with Crippen molar-refractivity contribution in [3.05, 3.63) is 107 Å². The first kappa shape index (κ1) is 16.8. The standard InChI is InChI=1S/C23H17NO3/c25-23-21(24-22(27-23)19-9-5-2-6-10-19)15-17-11-13-20(14-12-17)26-16-18-7-3-1-4-8-18/h1-15H,16H2/b21-15+. The van der Waals surface area contributed by atoms with Crippen molar-refractivity contribution >= 4 is 17.9 Å². The number of carbonyl (C=O) groups excluding carboxylic acids is 1. The van der Waals surface area contributed by atoms with Gasteiger partial charge in [0.25, 0.3) is 0 Å². The third kappa shape index (κ3) is 4.12. The number of esters is 1. The summed E-state index contributed by atoms with van der Waals surface area (Å²) in [7, 11) is 0. The number of benzene rings is 3. The van der Waals surface area contributed by atoms with E-state index in [1.54, 1.807) is 6.08 Å². The Kier molecular flexibility index (Phi) is 4.79. The molecule has 0 atom stereocenters. The lowest BCUT2D eigenvalue weighted by Crippen LogP contribution is -2.04. The Labute approximate surface area is 157 Å². The van der Waals surface area contributed by atoms with Crippen LogP contribution in [0.1, 0.15) is 16.7 Å². The summed E-state index contributed by atoms with van der Waals surface area (Å²) in [6, 6.07) is 26.9. The number of rotatable bonds is 5. The van der Waals surface area contributed by atoms with Crippen LogP contribution in [0.5, 0.6) is 5.75 Å². The van der Waals surface area contributed by atoms with Crippen LogP contribution in [-0.2, 0) is 16.1 Å². The first-order chi connectivity index (χ1) is 13.3. The Morgan fingerprint density at radius 2 is 1.52 bits per heavy atom. The zero-order valence-electron chi connectivity index (χ0n) is 14.5. The van der Waals surface area contributed by atoms with Gasteiger partial charge in [0, 0.05) is 5.56 Å². The van der Waals surface area contributed by atoms with Crippen molar-refractivity contribution in [3.63, 3.8) is 0 Å². The average molecular weight is 355 g/mol. The van der Waals surface area contributed by atoms with Crippen LogP contribution < -0.4 is 4.74 Å². The second kappa shape index (κ2) is 7.70. The van der Waals surface area contributed by atoms with Gasteiger partial charge in [0.1, 0.15) is 12.4 Å². The van der Waals surface area contributed by atoms with Gasteiger partial charge in [0.05, 0.1) is 0 Å². The number of hydrogen-bond acceptors (Lipinski definition) is 4. The van der Waals surface area contributed by atoms with Gasteiger partial charge in [0.15, 0.2) is 5.70 Å². The summed E-state index contributed by atoms with van der Waals surface area (Å²) in [6.45, 7) is 0.512. The summed E-state index contributed by atoms with van der Waals surface area (Å²) in [5.74, 6) is 0.649. The molecular weight excluding hydrogens is 338 g/mol. The van der Waals surface area contributed by atoms with E-state index in [0.29, 0.717) is 12.5 Å². The summed E-state index contributed by atoms with van der Waals surface area (Å²) in [5, 5.41) is 0. The van der Waals surface area contributed by atoms with Crippen molar-refractivity contribution in [3.8, 4) is 5.75 Å². The minimum absolute atomic E-state index is 0.284. The molecule has 1 aliphatic heterocycles. The molecule has 27 heavy (non-hydrogen) atoms. The first-order valence-corrected chi connectivity index (χ1v) is 8.63. The van der Waals surface area contributed by atoms with Crippen LogP contribution in [0.15, 0.2) is 95.6 Å². The van der Waals surface area contributed by atoms with Gasteiger partial charge in [-0.2, -0.15) is 0 Å². The van der Waals surface area contributed by atoms with Gasteiger partial charge in [-0.3, -0.25) is 0 Å². The van der Waals surface area contributed by atoms with Gasteiger partial charge in [-0.05, 0) is 41.5 Å². The van der Waals surface area contributed by atoms with Gasteiger partial charge in [-0.25, -0.2) is 9.79 Å². The lowest BCUT2D eigenvalue weighted by molar-refractivity contribution is -0.129. The summed E-state index contributed by atoms with van der Waals surface area (Å²) in [5.41, 5.74) is 3.03. The number of ether oxygens (including phenoxy) is 2. The molecule has 3 aromatic carbocycles. The number of nitrogens with zero attached hydrogens (tertiary/aromatic N) is 1. The maximum Gasteiger partial charge on any atom is 0.363 e. The van der Waals surface area contributed by atoms with Crippen molar-refractivity contribution in [2.75, 3.05) is 0 Å². The third-order valence-electron chi connectivity index (χ3n) is 4.07. The zero-order chi connectivity index (χ0) is 18.5. The molecule has 0 N–H and O–H groups in total. The smallest absolute Gasteiger partial charge is 0.363 e. The predicted octanol–water partition coefficient (Wildman–Crippen LogP) is 4.61. The van der Waals surface area contributed by atoms with E-state index < -0.39 is 5.97 Å². The molecule has 4 heteroatoms.